The average molecular weight is 364 g/mol. The molecule has 0 aliphatic rings. The minimum Gasteiger partial charge on any atom is -0.465 e. The van der Waals surface area contributed by atoms with E-state index < -0.39 is 10.9 Å². The van der Waals surface area contributed by atoms with Crippen molar-refractivity contribution in [3.63, 3.8) is 0 Å². The zero-order valence-corrected chi connectivity index (χ0v) is 14.7. The van der Waals surface area contributed by atoms with E-state index in [1.54, 1.807) is 12.1 Å². The maximum absolute atomic E-state index is 12.0. The Kier molecular flexibility index (Phi) is 5.12. The molecule has 0 amide bonds. The number of carbonyl (C=O) groups excluding carboxylic acids is 1. The van der Waals surface area contributed by atoms with Crippen molar-refractivity contribution in [2.75, 3.05) is 7.11 Å². The lowest BCUT2D eigenvalue weighted by Crippen LogP contribution is -2.03. The minimum absolute atomic E-state index is 0.141. The summed E-state index contributed by atoms with van der Waals surface area (Å²) in [6, 6.07) is 14.8. The summed E-state index contributed by atoms with van der Waals surface area (Å²) < 4.78 is 10.6. The zero-order chi connectivity index (χ0) is 19.4. The molecule has 3 aromatic rings. The lowest BCUT2D eigenvalue weighted by molar-refractivity contribution is -0.384. The molecular weight excluding hydrogens is 348 g/mol. The SMILES string of the molecule is COC(=O)c1cc(Oc2cccc(C)c2)cc(-c2ncccc2[N+](=O)[O-])c1. The number of ether oxygens (including phenoxy) is 2. The first kappa shape index (κ1) is 18.1. The zero-order valence-electron chi connectivity index (χ0n) is 14.7. The minimum atomic E-state index is -0.579. The smallest absolute Gasteiger partial charge is 0.338 e. The number of nitro groups is 1. The summed E-state index contributed by atoms with van der Waals surface area (Å²) in [4.78, 5) is 27.0. The molecule has 0 saturated carbocycles. The van der Waals surface area contributed by atoms with E-state index in [9.17, 15) is 14.9 Å². The maximum Gasteiger partial charge on any atom is 0.338 e. The number of hydrogen-bond acceptors (Lipinski definition) is 6. The van der Waals surface area contributed by atoms with Crippen LogP contribution in [0.15, 0.2) is 60.8 Å². The summed E-state index contributed by atoms with van der Waals surface area (Å²) in [5.74, 6) is 0.349. The summed E-state index contributed by atoms with van der Waals surface area (Å²) in [5.41, 5.74) is 1.58. The molecule has 0 unspecified atom stereocenters. The Morgan fingerprint density at radius 3 is 2.59 bits per heavy atom. The van der Waals surface area contributed by atoms with Gasteiger partial charge in [-0.05, 0) is 48.9 Å². The first-order valence-electron chi connectivity index (χ1n) is 8.05. The number of aromatic nitrogens is 1. The van der Waals surface area contributed by atoms with Gasteiger partial charge >= 0.3 is 5.97 Å². The van der Waals surface area contributed by atoms with Crippen LogP contribution in [0.4, 0.5) is 5.69 Å². The van der Waals surface area contributed by atoms with Crippen molar-refractivity contribution in [3.05, 3.63) is 82.0 Å². The van der Waals surface area contributed by atoms with Gasteiger partial charge in [-0.15, -0.1) is 0 Å². The maximum atomic E-state index is 12.0. The molecule has 0 N–H and O–H groups in total. The molecule has 0 bridgehead atoms. The summed E-state index contributed by atoms with van der Waals surface area (Å²) in [5, 5.41) is 11.3. The third-order valence-corrected chi connectivity index (χ3v) is 3.81. The number of aryl methyl sites for hydroxylation is 1. The molecule has 27 heavy (non-hydrogen) atoms. The van der Waals surface area contributed by atoms with Gasteiger partial charge in [0.1, 0.15) is 17.2 Å². The van der Waals surface area contributed by atoms with Gasteiger partial charge in [-0.3, -0.25) is 10.1 Å². The topological polar surface area (TPSA) is 91.6 Å². The van der Waals surface area contributed by atoms with E-state index in [1.807, 2.05) is 25.1 Å². The van der Waals surface area contributed by atoms with Crippen LogP contribution in [-0.2, 0) is 4.74 Å². The lowest BCUT2D eigenvalue weighted by Gasteiger charge is -2.11. The van der Waals surface area contributed by atoms with Crippen LogP contribution in [0.1, 0.15) is 15.9 Å². The van der Waals surface area contributed by atoms with Gasteiger partial charge in [0, 0.05) is 17.8 Å². The van der Waals surface area contributed by atoms with Crippen molar-refractivity contribution in [3.8, 4) is 22.8 Å². The Morgan fingerprint density at radius 1 is 1.07 bits per heavy atom. The average Bonchev–Trinajstić information content (AvgIpc) is 2.67. The number of hydrogen-bond donors (Lipinski definition) is 0. The van der Waals surface area contributed by atoms with Gasteiger partial charge in [-0.25, -0.2) is 9.78 Å². The Hall–Kier alpha value is -3.74. The highest BCUT2D eigenvalue weighted by Gasteiger charge is 2.19. The molecule has 0 radical (unpaired) electrons. The van der Waals surface area contributed by atoms with Gasteiger partial charge in [0.15, 0.2) is 0 Å². The number of carbonyl (C=O) groups is 1. The monoisotopic (exact) mass is 364 g/mol. The van der Waals surface area contributed by atoms with Crippen molar-refractivity contribution in [2.24, 2.45) is 0 Å². The molecule has 1 aromatic heterocycles. The number of rotatable bonds is 5. The molecule has 0 aliphatic heterocycles. The van der Waals surface area contributed by atoms with E-state index in [4.69, 9.17) is 9.47 Å². The van der Waals surface area contributed by atoms with Gasteiger partial charge in [0.25, 0.3) is 5.69 Å². The molecule has 0 atom stereocenters. The van der Waals surface area contributed by atoms with Crippen LogP contribution in [0.2, 0.25) is 0 Å². The molecule has 0 saturated heterocycles. The molecule has 1 heterocycles. The van der Waals surface area contributed by atoms with Crippen LogP contribution >= 0.6 is 0 Å². The predicted octanol–water partition coefficient (Wildman–Crippen LogP) is 4.54. The molecular formula is C20H16N2O5. The number of pyridine rings is 1. The number of benzene rings is 2. The molecule has 7 heteroatoms. The fourth-order valence-electron chi connectivity index (χ4n) is 2.61. The summed E-state index contributed by atoms with van der Waals surface area (Å²) >= 11 is 0. The fraction of sp³-hybridized carbons (Fsp3) is 0.100. The molecule has 0 spiro atoms. The van der Waals surface area contributed by atoms with E-state index in [-0.39, 0.29) is 16.9 Å². The quantitative estimate of drug-likeness (QED) is 0.375. The van der Waals surface area contributed by atoms with Gasteiger partial charge in [-0.2, -0.15) is 0 Å². The lowest BCUT2D eigenvalue weighted by atomic mass is 10.1. The number of methoxy groups -OCH3 is 1. The second kappa shape index (κ2) is 7.65. The van der Waals surface area contributed by atoms with Crippen molar-refractivity contribution >= 4 is 11.7 Å². The van der Waals surface area contributed by atoms with Gasteiger partial charge in [0.05, 0.1) is 17.6 Å². The molecule has 7 nitrogen and oxygen atoms in total. The van der Waals surface area contributed by atoms with Gasteiger partial charge in [0.2, 0.25) is 0 Å². The molecule has 0 fully saturated rings. The third-order valence-electron chi connectivity index (χ3n) is 3.81. The second-order valence-electron chi connectivity index (χ2n) is 5.78. The van der Waals surface area contributed by atoms with Crippen molar-refractivity contribution in [1.82, 2.24) is 4.98 Å². The van der Waals surface area contributed by atoms with Crippen LogP contribution in [0.3, 0.4) is 0 Å². The van der Waals surface area contributed by atoms with Crippen molar-refractivity contribution < 1.29 is 19.2 Å². The molecule has 136 valence electrons. The first-order valence-corrected chi connectivity index (χ1v) is 8.05. The highest BCUT2D eigenvalue weighted by Crippen LogP contribution is 2.33. The Morgan fingerprint density at radius 2 is 1.89 bits per heavy atom. The van der Waals surface area contributed by atoms with E-state index >= 15 is 0 Å². The Labute approximate surface area is 155 Å². The fourth-order valence-corrected chi connectivity index (χ4v) is 2.61. The Balaban J connectivity index is 2.12. The molecule has 3 rings (SSSR count). The largest absolute Gasteiger partial charge is 0.465 e. The van der Waals surface area contributed by atoms with Crippen LogP contribution < -0.4 is 4.74 Å². The van der Waals surface area contributed by atoms with Crippen LogP contribution in [0.5, 0.6) is 11.5 Å². The number of nitrogens with zero attached hydrogens (tertiary/aromatic N) is 2. The van der Waals surface area contributed by atoms with Gasteiger partial charge in [-0.1, -0.05) is 12.1 Å². The first-order chi connectivity index (χ1) is 13.0. The highest BCUT2D eigenvalue weighted by atomic mass is 16.6. The van der Waals surface area contributed by atoms with E-state index in [0.29, 0.717) is 17.1 Å². The normalized spacial score (nSPS) is 10.3. The van der Waals surface area contributed by atoms with Crippen LogP contribution in [-0.4, -0.2) is 23.0 Å². The predicted molar refractivity (Wildman–Crippen MR) is 98.9 cm³/mol. The standard InChI is InChI=1S/C20H16N2O5/c1-13-5-3-6-16(9-13)27-17-11-14(10-15(12-17)20(23)26-2)19-18(22(24)25)7-4-8-21-19/h3-12H,1-2H3. The van der Waals surface area contributed by atoms with Crippen molar-refractivity contribution in [2.45, 2.75) is 6.92 Å². The van der Waals surface area contributed by atoms with Crippen LogP contribution in [0.25, 0.3) is 11.3 Å². The van der Waals surface area contributed by atoms with Crippen LogP contribution in [0, 0.1) is 17.0 Å². The molecule has 2 aromatic carbocycles. The third kappa shape index (κ3) is 4.09. The highest BCUT2D eigenvalue weighted by molar-refractivity contribution is 5.92. The van der Waals surface area contributed by atoms with Crippen molar-refractivity contribution in [1.29, 1.82) is 0 Å². The summed E-state index contributed by atoms with van der Waals surface area (Å²) in [7, 11) is 1.26. The number of esters is 1. The molecule has 0 aliphatic carbocycles. The second-order valence-corrected chi connectivity index (χ2v) is 5.78. The van der Waals surface area contributed by atoms with E-state index in [2.05, 4.69) is 4.98 Å². The van der Waals surface area contributed by atoms with E-state index in [0.717, 1.165) is 5.56 Å². The Bertz CT molecular complexity index is 1020. The van der Waals surface area contributed by atoms with E-state index in [1.165, 1.54) is 37.6 Å². The van der Waals surface area contributed by atoms with Gasteiger partial charge < -0.3 is 9.47 Å². The summed E-state index contributed by atoms with van der Waals surface area (Å²) in [6.07, 6.45) is 1.45. The summed E-state index contributed by atoms with van der Waals surface area (Å²) in [6.45, 7) is 1.93.